The van der Waals surface area contributed by atoms with Crippen LogP contribution in [0.4, 0.5) is 5.69 Å². The summed E-state index contributed by atoms with van der Waals surface area (Å²) in [4.78, 5) is 19.8. The number of amides is 1. The van der Waals surface area contributed by atoms with Gasteiger partial charge >= 0.3 is 0 Å². The number of carbonyl (C=O) groups is 1. The van der Waals surface area contributed by atoms with Crippen molar-refractivity contribution in [3.8, 4) is 0 Å². The first-order valence-corrected chi connectivity index (χ1v) is 5.81. The third kappa shape index (κ3) is 3.10. The molecule has 0 saturated carbocycles. The number of hydrogen-bond donors (Lipinski definition) is 1. The van der Waals surface area contributed by atoms with E-state index in [0.717, 1.165) is 10.2 Å². The van der Waals surface area contributed by atoms with Crippen molar-refractivity contribution in [2.45, 2.75) is 6.92 Å². The van der Waals surface area contributed by atoms with Gasteiger partial charge in [0.15, 0.2) is 0 Å². The van der Waals surface area contributed by atoms with Crippen LogP contribution in [0, 0.1) is 6.92 Å². The molecule has 1 heterocycles. The number of carbonyl (C=O) groups excluding carboxylic acids is 1. The fourth-order valence-corrected chi connectivity index (χ4v) is 1.58. The molecular weight excluding hydrogens is 282 g/mol. The van der Waals surface area contributed by atoms with Crippen molar-refractivity contribution in [2.75, 3.05) is 5.32 Å². The standard InChI is InChI=1S/C12H10BrN3O/c1-8-14-7-6-11(15-8)12(17)16-10-4-2-9(13)3-5-10/h2-7H,1H3,(H,16,17). The number of aryl methyl sites for hydroxylation is 1. The van der Waals surface area contributed by atoms with Crippen LogP contribution in [0.25, 0.3) is 0 Å². The summed E-state index contributed by atoms with van der Waals surface area (Å²) in [5, 5.41) is 2.76. The lowest BCUT2D eigenvalue weighted by Gasteiger charge is -2.04. The molecule has 0 unspecified atom stereocenters. The van der Waals surface area contributed by atoms with Gasteiger partial charge in [0.25, 0.3) is 5.91 Å². The molecule has 1 N–H and O–H groups in total. The molecule has 0 aliphatic carbocycles. The molecule has 1 aromatic heterocycles. The highest BCUT2D eigenvalue weighted by atomic mass is 79.9. The molecule has 86 valence electrons. The van der Waals surface area contributed by atoms with E-state index in [1.165, 1.54) is 0 Å². The lowest BCUT2D eigenvalue weighted by atomic mass is 10.3. The molecule has 1 aromatic carbocycles. The second-order valence-electron chi connectivity index (χ2n) is 3.45. The lowest BCUT2D eigenvalue weighted by Crippen LogP contribution is -2.14. The highest BCUT2D eigenvalue weighted by Gasteiger charge is 2.07. The third-order valence-corrected chi connectivity index (χ3v) is 2.64. The van der Waals surface area contributed by atoms with Gasteiger partial charge in [-0.3, -0.25) is 4.79 Å². The van der Waals surface area contributed by atoms with Crippen molar-refractivity contribution >= 4 is 27.5 Å². The second-order valence-corrected chi connectivity index (χ2v) is 4.37. The van der Waals surface area contributed by atoms with E-state index in [9.17, 15) is 4.79 Å². The van der Waals surface area contributed by atoms with Crippen LogP contribution >= 0.6 is 15.9 Å². The molecule has 0 spiro atoms. The van der Waals surface area contributed by atoms with E-state index < -0.39 is 0 Å². The smallest absolute Gasteiger partial charge is 0.274 e. The van der Waals surface area contributed by atoms with Crippen molar-refractivity contribution in [3.05, 3.63) is 52.5 Å². The molecule has 17 heavy (non-hydrogen) atoms. The normalized spacial score (nSPS) is 10.0. The lowest BCUT2D eigenvalue weighted by molar-refractivity contribution is 0.102. The van der Waals surface area contributed by atoms with Crippen LogP contribution in [-0.4, -0.2) is 15.9 Å². The van der Waals surface area contributed by atoms with Gasteiger partial charge in [-0.15, -0.1) is 0 Å². The first-order chi connectivity index (χ1) is 8.15. The predicted octanol–water partition coefficient (Wildman–Crippen LogP) is 2.80. The zero-order chi connectivity index (χ0) is 12.3. The van der Waals surface area contributed by atoms with Crippen LogP contribution in [0.1, 0.15) is 16.3 Å². The number of rotatable bonds is 2. The summed E-state index contributed by atoms with van der Waals surface area (Å²) in [7, 11) is 0. The van der Waals surface area contributed by atoms with Crippen LogP contribution in [0.15, 0.2) is 41.0 Å². The number of nitrogens with one attached hydrogen (secondary N) is 1. The van der Waals surface area contributed by atoms with Crippen LogP contribution in [-0.2, 0) is 0 Å². The van der Waals surface area contributed by atoms with Gasteiger partial charge in [-0.25, -0.2) is 9.97 Å². The summed E-state index contributed by atoms with van der Waals surface area (Å²) in [6, 6.07) is 8.94. The highest BCUT2D eigenvalue weighted by molar-refractivity contribution is 9.10. The molecule has 2 aromatic rings. The average Bonchev–Trinajstić information content (AvgIpc) is 2.32. The zero-order valence-corrected chi connectivity index (χ0v) is 10.7. The molecule has 0 aliphatic rings. The SMILES string of the molecule is Cc1nccc(C(=O)Nc2ccc(Br)cc2)n1. The van der Waals surface area contributed by atoms with Gasteiger partial charge in [0, 0.05) is 16.4 Å². The number of halogens is 1. The Bertz CT molecular complexity index is 540. The topological polar surface area (TPSA) is 54.9 Å². The van der Waals surface area contributed by atoms with Crippen LogP contribution in [0.2, 0.25) is 0 Å². The summed E-state index contributed by atoms with van der Waals surface area (Å²) in [5.74, 6) is 0.339. The second kappa shape index (κ2) is 5.05. The fourth-order valence-electron chi connectivity index (χ4n) is 1.31. The quantitative estimate of drug-likeness (QED) is 0.926. The minimum Gasteiger partial charge on any atom is -0.321 e. The predicted molar refractivity (Wildman–Crippen MR) is 68.9 cm³/mol. The van der Waals surface area contributed by atoms with Gasteiger partial charge in [0.05, 0.1) is 0 Å². The average molecular weight is 292 g/mol. The summed E-state index contributed by atoms with van der Waals surface area (Å²) >= 11 is 3.33. The molecule has 0 aliphatic heterocycles. The molecule has 0 atom stereocenters. The maximum atomic E-state index is 11.8. The van der Waals surface area contributed by atoms with Crippen LogP contribution < -0.4 is 5.32 Å². The Labute approximate surface area is 107 Å². The van der Waals surface area contributed by atoms with E-state index in [4.69, 9.17) is 0 Å². The van der Waals surface area contributed by atoms with Gasteiger partial charge in [-0.05, 0) is 37.3 Å². The number of nitrogens with zero attached hydrogens (tertiary/aromatic N) is 2. The van der Waals surface area contributed by atoms with Gasteiger partial charge in [0.2, 0.25) is 0 Å². The molecule has 0 radical (unpaired) electrons. The Morgan fingerprint density at radius 1 is 1.24 bits per heavy atom. The summed E-state index contributed by atoms with van der Waals surface area (Å²) in [6.07, 6.45) is 1.57. The first-order valence-electron chi connectivity index (χ1n) is 5.02. The largest absolute Gasteiger partial charge is 0.321 e. The molecule has 0 saturated heterocycles. The number of hydrogen-bond acceptors (Lipinski definition) is 3. The zero-order valence-electron chi connectivity index (χ0n) is 9.14. The summed E-state index contributed by atoms with van der Waals surface area (Å²) < 4.78 is 0.966. The third-order valence-electron chi connectivity index (χ3n) is 2.11. The highest BCUT2D eigenvalue weighted by Crippen LogP contribution is 2.14. The Kier molecular flexibility index (Phi) is 3.49. The molecule has 0 bridgehead atoms. The Hall–Kier alpha value is -1.75. The van der Waals surface area contributed by atoms with E-state index in [-0.39, 0.29) is 5.91 Å². The van der Waals surface area contributed by atoms with E-state index >= 15 is 0 Å². The van der Waals surface area contributed by atoms with E-state index in [2.05, 4.69) is 31.2 Å². The monoisotopic (exact) mass is 291 g/mol. The van der Waals surface area contributed by atoms with Gasteiger partial charge in [0.1, 0.15) is 11.5 Å². The molecule has 0 fully saturated rings. The number of aromatic nitrogens is 2. The van der Waals surface area contributed by atoms with Crippen molar-refractivity contribution in [3.63, 3.8) is 0 Å². The Morgan fingerprint density at radius 3 is 2.59 bits per heavy atom. The number of anilines is 1. The van der Waals surface area contributed by atoms with E-state index in [0.29, 0.717) is 11.5 Å². The van der Waals surface area contributed by atoms with Crippen LogP contribution in [0.3, 0.4) is 0 Å². The Morgan fingerprint density at radius 2 is 1.94 bits per heavy atom. The van der Waals surface area contributed by atoms with Gasteiger partial charge in [-0.2, -0.15) is 0 Å². The van der Waals surface area contributed by atoms with Crippen molar-refractivity contribution in [1.29, 1.82) is 0 Å². The van der Waals surface area contributed by atoms with Crippen molar-refractivity contribution in [2.24, 2.45) is 0 Å². The van der Waals surface area contributed by atoms with Gasteiger partial charge in [-0.1, -0.05) is 15.9 Å². The molecular formula is C12H10BrN3O. The molecule has 1 amide bonds. The molecule has 4 nitrogen and oxygen atoms in total. The van der Waals surface area contributed by atoms with E-state index in [1.54, 1.807) is 19.2 Å². The molecule has 5 heteroatoms. The summed E-state index contributed by atoms with van der Waals surface area (Å²) in [5.41, 5.74) is 1.09. The minimum atomic E-state index is -0.238. The fraction of sp³-hybridized carbons (Fsp3) is 0.0833. The summed E-state index contributed by atoms with van der Waals surface area (Å²) in [6.45, 7) is 1.75. The van der Waals surface area contributed by atoms with Crippen molar-refractivity contribution < 1.29 is 4.79 Å². The van der Waals surface area contributed by atoms with Crippen LogP contribution in [0.5, 0.6) is 0 Å². The number of benzene rings is 1. The Balaban J connectivity index is 2.14. The maximum Gasteiger partial charge on any atom is 0.274 e. The van der Waals surface area contributed by atoms with E-state index in [1.807, 2.05) is 24.3 Å². The first kappa shape index (κ1) is 11.7. The maximum absolute atomic E-state index is 11.8. The van der Waals surface area contributed by atoms with Crippen molar-refractivity contribution in [1.82, 2.24) is 9.97 Å². The molecule has 2 rings (SSSR count). The minimum absolute atomic E-state index is 0.238. The van der Waals surface area contributed by atoms with Gasteiger partial charge < -0.3 is 5.32 Å².